The Kier molecular flexibility index (Phi) is 17.1. The Morgan fingerprint density at radius 1 is 1.07 bits per heavy atom. The molecule has 0 bridgehead atoms. The number of ether oxygens (including phenoxy) is 2. The molecule has 0 aromatic heterocycles. The molecule has 3 fully saturated rings. The van der Waals surface area contributed by atoms with Gasteiger partial charge in [-0.1, -0.05) is 0 Å². The number of nitrogens with zero attached hydrogens (tertiary/aromatic N) is 1. The summed E-state index contributed by atoms with van der Waals surface area (Å²) in [6, 6.07) is -2.75. The number of carbonyl (C=O) groups excluding carboxylic acids is 3. The number of carbonyl (C=O) groups is 3. The molecule has 24 heteroatoms. The van der Waals surface area contributed by atoms with Crippen LogP contribution in [-0.4, -0.2) is 123 Å². The van der Waals surface area contributed by atoms with E-state index in [1.165, 1.54) is 0 Å². The topological polar surface area (TPSA) is 306 Å². The van der Waals surface area contributed by atoms with Gasteiger partial charge in [-0.15, -0.1) is 12.3 Å². The summed E-state index contributed by atoms with van der Waals surface area (Å²) in [5.74, 6) is 0.756. The third-order valence-electron chi connectivity index (χ3n) is 6.27. The summed E-state index contributed by atoms with van der Waals surface area (Å²) < 4.78 is 48.1. The third kappa shape index (κ3) is 11.0. The van der Waals surface area contributed by atoms with Crippen molar-refractivity contribution in [1.82, 2.24) is 15.5 Å². The molecule has 11 atom stereocenters. The fourth-order valence-corrected chi connectivity index (χ4v) is 6.26. The molecule has 238 valence electrons. The summed E-state index contributed by atoms with van der Waals surface area (Å²) >= 11 is 0. The normalized spacial score (nSPS) is 34.8. The summed E-state index contributed by atoms with van der Waals surface area (Å²) in [4.78, 5) is 61.0. The third-order valence-corrected chi connectivity index (χ3v) is 8.80. The molecule has 0 spiro atoms. The smallest absolute Gasteiger partial charge is 0.756 e. The first-order chi connectivity index (χ1) is 19.6. The van der Waals surface area contributed by atoms with Gasteiger partial charge in [-0.05, 0) is 0 Å². The second-order valence-electron chi connectivity index (χ2n) is 9.22. The molecule has 3 unspecified atom stereocenters. The van der Waals surface area contributed by atoms with Crippen molar-refractivity contribution in [1.29, 1.82) is 0 Å². The first-order valence-electron chi connectivity index (χ1n) is 12.2. The van der Waals surface area contributed by atoms with Crippen molar-refractivity contribution in [3.8, 4) is 12.3 Å². The molecule has 0 saturated carbocycles. The molecule has 7 N–H and O–H groups in total. The number of rotatable bonds is 12. The van der Waals surface area contributed by atoms with Crippen LogP contribution in [0.5, 0.6) is 0 Å². The van der Waals surface area contributed by atoms with Gasteiger partial charge in [0.2, 0.25) is 11.8 Å². The molecular formula is C20H29N3Na2O17P2. The standard InChI is InChI=1S/C20H31N3O17P2.2Na/c1-2-3-4-11(25)21-13-16(29)14(27)9(7-24)38-19(13)39-42(34,35)40-41(32,33)36-8-10-15(28)17(30)18(37-10)23-6-5-12(26)22-20(23)31;;/h1,9-10,13-19,24,27-30H,3-8H2,(H,21,25)(H,32,33)(H,34,35)(H,22,26,31);;/q;2*+1/p-2/t9-,10-,13-,14+,15+,16-,17?,18-,19-;;/m1../s1. The van der Waals surface area contributed by atoms with E-state index in [9.17, 15) is 58.8 Å². The van der Waals surface area contributed by atoms with E-state index in [1.54, 1.807) is 0 Å². The van der Waals surface area contributed by atoms with Gasteiger partial charge in [0, 0.05) is 25.8 Å². The maximum absolute atomic E-state index is 12.4. The number of hydrogen-bond acceptors (Lipinski definition) is 17. The summed E-state index contributed by atoms with van der Waals surface area (Å²) in [5.41, 5.74) is 0. The molecule has 3 aliphatic rings. The summed E-state index contributed by atoms with van der Waals surface area (Å²) in [6.07, 6.45) is -9.78. The number of urea groups is 1. The van der Waals surface area contributed by atoms with Crippen LogP contribution < -0.4 is 79.5 Å². The zero-order chi connectivity index (χ0) is 31.4. The predicted molar refractivity (Wildman–Crippen MR) is 127 cm³/mol. The quantitative estimate of drug-likeness (QED) is 0.0568. The van der Waals surface area contributed by atoms with E-state index in [1.807, 2.05) is 5.32 Å². The number of terminal acetylenes is 1. The van der Waals surface area contributed by atoms with Gasteiger partial charge >= 0.3 is 65.1 Å². The number of hydrogen-bond donors (Lipinski definition) is 7. The average molecular weight is 691 g/mol. The number of phosphoric ester groups is 2. The van der Waals surface area contributed by atoms with E-state index in [4.69, 9.17) is 15.9 Å². The summed E-state index contributed by atoms with van der Waals surface area (Å²) in [5, 5.41) is 54.4. The van der Waals surface area contributed by atoms with E-state index in [0.29, 0.717) is 0 Å². The second kappa shape index (κ2) is 17.9. The maximum atomic E-state index is 12.4. The fraction of sp³-hybridized carbons (Fsp3) is 0.750. The average Bonchev–Trinajstić information content (AvgIpc) is 3.18. The van der Waals surface area contributed by atoms with Gasteiger partial charge in [-0.2, -0.15) is 0 Å². The van der Waals surface area contributed by atoms with Crippen LogP contribution in [0.2, 0.25) is 0 Å². The Balaban J connectivity index is 0.00000484. The van der Waals surface area contributed by atoms with E-state index >= 15 is 0 Å². The van der Waals surface area contributed by atoms with Crippen LogP contribution in [0.3, 0.4) is 0 Å². The summed E-state index contributed by atoms with van der Waals surface area (Å²) in [7, 11) is -11.8. The van der Waals surface area contributed by atoms with Crippen LogP contribution >= 0.6 is 15.6 Å². The van der Waals surface area contributed by atoms with Crippen LogP contribution in [0.1, 0.15) is 19.3 Å². The first kappa shape index (κ1) is 42.0. The second-order valence-corrected chi connectivity index (χ2v) is 12.1. The Morgan fingerprint density at radius 3 is 2.30 bits per heavy atom. The number of aliphatic hydroxyl groups is 5. The minimum Gasteiger partial charge on any atom is -0.756 e. The van der Waals surface area contributed by atoms with Gasteiger partial charge in [-0.25, -0.2) is 9.11 Å². The van der Waals surface area contributed by atoms with Crippen molar-refractivity contribution in [2.75, 3.05) is 19.8 Å². The van der Waals surface area contributed by atoms with E-state index < -0.39 is 102 Å². The number of amides is 4. The van der Waals surface area contributed by atoms with Gasteiger partial charge < -0.3 is 54.6 Å². The van der Waals surface area contributed by atoms with Crippen molar-refractivity contribution in [3.05, 3.63) is 0 Å². The molecule has 20 nitrogen and oxygen atoms in total. The van der Waals surface area contributed by atoms with Crippen molar-refractivity contribution in [2.45, 2.75) is 74.4 Å². The van der Waals surface area contributed by atoms with Crippen LogP contribution in [0, 0.1) is 12.3 Å². The van der Waals surface area contributed by atoms with Gasteiger partial charge in [0.15, 0.2) is 12.5 Å². The molecule has 0 aromatic carbocycles. The molecule has 4 amide bonds. The molecule has 3 aliphatic heterocycles. The van der Waals surface area contributed by atoms with Crippen LogP contribution in [0.25, 0.3) is 0 Å². The van der Waals surface area contributed by atoms with Crippen molar-refractivity contribution in [2.24, 2.45) is 0 Å². The molecule has 3 rings (SSSR count). The Hall–Kier alpha value is -0.0500. The zero-order valence-corrected chi connectivity index (χ0v) is 29.3. The monoisotopic (exact) mass is 691 g/mol. The molecule has 0 aromatic rings. The van der Waals surface area contributed by atoms with Crippen molar-refractivity contribution in [3.63, 3.8) is 0 Å². The van der Waals surface area contributed by atoms with E-state index in [0.717, 1.165) is 4.90 Å². The van der Waals surface area contributed by atoms with Gasteiger partial charge in [0.1, 0.15) is 42.7 Å². The predicted octanol–water partition coefficient (Wildman–Crippen LogP) is -11.3. The number of phosphoric acid groups is 2. The molecule has 3 heterocycles. The zero-order valence-electron chi connectivity index (χ0n) is 23.5. The molecule has 3 saturated heterocycles. The minimum absolute atomic E-state index is 0. The van der Waals surface area contributed by atoms with E-state index in [-0.39, 0.29) is 84.9 Å². The summed E-state index contributed by atoms with van der Waals surface area (Å²) in [6.45, 7) is -2.26. The Bertz CT molecular complexity index is 1160. The van der Waals surface area contributed by atoms with E-state index in [2.05, 4.69) is 24.6 Å². The molecule has 0 aliphatic carbocycles. The first-order valence-corrected chi connectivity index (χ1v) is 15.1. The van der Waals surface area contributed by atoms with Gasteiger partial charge in [0.25, 0.3) is 15.6 Å². The SMILES string of the molecule is C#CCCC(=O)N[C@H]1[C@@H](OP(=O)([O-])OP(=O)([O-])OC[C@H]2O[C@@H](N3CCC(=O)NC3=O)C(O)[C@H]2O)O[C@H](CO)[C@H](O)[C@@H]1O.[Na+].[Na+]. The van der Waals surface area contributed by atoms with Gasteiger partial charge in [0.05, 0.1) is 13.2 Å². The number of nitrogens with one attached hydrogen (secondary N) is 2. The Morgan fingerprint density at radius 2 is 1.70 bits per heavy atom. The number of aliphatic hydroxyl groups excluding tert-OH is 5. The maximum Gasteiger partial charge on any atom is 1.00 e. The fourth-order valence-electron chi connectivity index (χ4n) is 4.17. The molecule has 44 heavy (non-hydrogen) atoms. The van der Waals surface area contributed by atoms with Crippen molar-refractivity contribution >= 4 is 33.5 Å². The van der Waals surface area contributed by atoms with Gasteiger partial charge in [-0.3, -0.25) is 33.5 Å². The number of imide groups is 1. The minimum atomic E-state index is -5.98. The van der Waals surface area contributed by atoms with Crippen LogP contribution in [-0.2, 0) is 41.6 Å². The molecule has 0 radical (unpaired) electrons. The molecular weight excluding hydrogens is 662 g/mol. The largest absolute Gasteiger partial charge is 1.00 e. The van der Waals surface area contributed by atoms with Crippen molar-refractivity contribution < 1.29 is 141 Å². The van der Waals surface area contributed by atoms with Crippen LogP contribution in [0.15, 0.2) is 0 Å². The Labute approximate surface area is 294 Å². The van der Waals surface area contributed by atoms with Crippen LogP contribution in [0.4, 0.5) is 4.79 Å².